The van der Waals surface area contributed by atoms with Crippen molar-refractivity contribution >= 4 is 27.3 Å². The molecule has 0 radical (unpaired) electrons. The molecule has 0 bridgehead atoms. The van der Waals surface area contributed by atoms with Gasteiger partial charge in [0.2, 0.25) is 0 Å². The van der Waals surface area contributed by atoms with Gasteiger partial charge in [-0.3, -0.25) is 0 Å². The van der Waals surface area contributed by atoms with Crippen LogP contribution in [0.3, 0.4) is 0 Å². The third-order valence-electron chi connectivity index (χ3n) is 3.11. The third kappa shape index (κ3) is 3.67. The molecular weight excluding hydrogens is 306 g/mol. The molecule has 2 aromatic rings. The van der Waals surface area contributed by atoms with E-state index in [-0.39, 0.29) is 0 Å². The van der Waals surface area contributed by atoms with Gasteiger partial charge in [-0.2, -0.15) is 0 Å². The van der Waals surface area contributed by atoms with Crippen molar-refractivity contribution in [2.45, 2.75) is 19.8 Å². The van der Waals surface area contributed by atoms with Gasteiger partial charge >= 0.3 is 0 Å². The lowest BCUT2D eigenvalue weighted by Crippen LogP contribution is -2.19. The summed E-state index contributed by atoms with van der Waals surface area (Å²) < 4.78 is 1.22. The first-order chi connectivity index (χ1) is 8.69. The van der Waals surface area contributed by atoms with E-state index in [9.17, 15) is 0 Å². The topological polar surface area (TPSA) is 26.0 Å². The molecular formula is C15H18BrNS. The van der Waals surface area contributed by atoms with E-state index in [4.69, 9.17) is 5.73 Å². The molecule has 1 heterocycles. The fourth-order valence-corrected chi connectivity index (χ4v) is 3.77. The molecule has 1 aromatic heterocycles. The minimum Gasteiger partial charge on any atom is -0.330 e. The average molecular weight is 324 g/mol. The first-order valence-corrected chi connectivity index (χ1v) is 7.83. The van der Waals surface area contributed by atoms with Crippen molar-refractivity contribution in [1.29, 1.82) is 0 Å². The number of rotatable bonds is 5. The lowest BCUT2D eigenvalue weighted by Gasteiger charge is -2.14. The van der Waals surface area contributed by atoms with Gasteiger partial charge in [0.25, 0.3) is 0 Å². The van der Waals surface area contributed by atoms with E-state index in [2.05, 4.69) is 58.6 Å². The number of benzene rings is 1. The van der Waals surface area contributed by atoms with E-state index >= 15 is 0 Å². The number of aryl methyl sites for hydroxylation is 1. The minimum absolute atomic E-state index is 0.516. The summed E-state index contributed by atoms with van der Waals surface area (Å²) in [4.78, 5) is 1.40. The van der Waals surface area contributed by atoms with Crippen molar-refractivity contribution in [3.8, 4) is 0 Å². The Morgan fingerprint density at radius 3 is 2.72 bits per heavy atom. The molecule has 1 unspecified atom stereocenters. The van der Waals surface area contributed by atoms with Crippen LogP contribution in [0.2, 0.25) is 0 Å². The second kappa shape index (κ2) is 6.50. The normalized spacial score (nSPS) is 12.6. The lowest BCUT2D eigenvalue weighted by atomic mass is 9.95. The summed E-state index contributed by atoms with van der Waals surface area (Å²) in [6.45, 7) is 2.87. The van der Waals surface area contributed by atoms with E-state index in [0.29, 0.717) is 5.92 Å². The van der Waals surface area contributed by atoms with Crippen LogP contribution in [0.1, 0.15) is 16.0 Å². The zero-order chi connectivity index (χ0) is 13.0. The average Bonchev–Trinajstić information content (AvgIpc) is 2.74. The highest BCUT2D eigenvalue weighted by molar-refractivity contribution is 9.10. The summed E-state index contributed by atoms with van der Waals surface area (Å²) in [5.74, 6) is 0.516. The Morgan fingerprint density at radius 1 is 1.28 bits per heavy atom. The molecule has 18 heavy (non-hydrogen) atoms. The Bertz CT molecular complexity index is 507. The summed E-state index contributed by atoms with van der Waals surface area (Å²) in [6.07, 6.45) is 2.12. The predicted molar refractivity (Wildman–Crippen MR) is 83.2 cm³/mol. The van der Waals surface area contributed by atoms with Crippen molar-refractivity contribution in [3.05, 3.63) is 56.2 Å². The summed E-state index contributed by atoms with van der Waals surface area (Å²) in [5.41, 5.74) is 8.62. The lowest BCUT2D eigenvalue weighted by molar-refractivity contribution is 0.536. The van der Waals surface area contributed by atoms with E-state index in [1.54, 1.807) is 11.3 Å². The van der Waals surface area contributed by atoms with Gasteiger partial charge in [0.1, 0.15) is 0 Å². The van der Waals surface area contributed by atoms with Gasteiger partial charge in [-0.25, -0.2) is 0 Å². The smallest absolute Gasteiger partial charge is 0.0314 e. The van der Waals surface area contributed by atoms with Crippen LogP contribution < -0.4 is 5.73 Å². The maximum atomic E-state index is 5.91. The van der Waals surface area contributed by atoms with Crippen LogP contribution >= 0.6 is 27.3 Å². The standard InChI is InChI=1S/C15H18BrNS/c1-11-3-2-4-12(7-11)8-13(10-17)9-15-14(16)5-6-18-15/h2-7,13H,8-10,17H2,1H3. The quantitative estimate of drug-likeness (QED) is 0.877. The number of nitrogens with two attached hydrogens (primary N) is 1. The highest BCUT2D eigenvalue weighted by atomic mass is 79.9. The number of thiophene rings is 1. The van der Waals surface area contributed by atoms with Gasteiger partial charge < -0.3 is 5.73 Å². The molecule has 0 aliphatic rings. The third-order valence-corrected chi connectivity index (χ3v) is 5.05. The fraction of sp³-hybridized carbons (Fsp3) is 0.333. The monoisotopic (exact) mass is 323 g/mol. The van der Waals surface area contributed by atoms with E-state index in [0.717, 1.165) is 19.4 Å². The Hall–Kier alpha value is -0.640. The van der Waals surface area contributed by atoms with Crippen LogP contribution in [0.25, 0.3) is 0 Å². The van der Waals surface area contributed by atoms with Crippen LogP contribution in [0.4, 0.5) is 0 Å². The summed E-state index contributed by atoms with van der Waals surface area (Å²) >= 11 is 5.40. The first kappa shape index (κ1) is 13.8. The number of halogens is 1. The second-order valence-corrected chi connectivity index (χ2v) is 6.55. The Morgan fingerprint density at radius 2 is 2.11 bits per heavy atom. The molecule has 0 saturated heterocycles. The van der Waals surface area contributed by atoms with Crippen LogP contribution in [0.15, 0.2) is 40.2 Å². The molecule has 1 atom stereocenters. The molecule has 0 aliphatic heterocycles. The molecule has 96 valence electrons. The van der Waals surface area contributed by atoms with E-state index < -0.39 is 0 Å². The van der Waals surface area contributed by atoms with Crippen molar-refractivity contribution < 1.29 is 0 Å². The molecule has 0 aliphatic carbocycles. The second-order valence-electron chi connectivity index (χ2n) is 4.69. The highest BCUT2D eigenvalue weighted by Crippen LogP contribution is 2.26. The maximum Gasteiger partial charge on any atom is 0.0314 e. The van der Waals surface area contributed by atoms with Crippen molar-refractivity contribution in [1.82, 2.24) is 0 Å². The van der Waals surface area contributed by atoms with Gasteiger partial charge in [0.05, 0.1) is 0 Å². The van der Waals surface area contributed by atoms with Crippen molar-refractivity contribution in [2.75, 3.05) is 6.54 Å². The molecule has 2 rings (SSSR count). The largest absolute Gasteiger partial charge is 0.330 e. The molecule has 2 N–H and O–H groups in total. The molecule has 0 saturated carbocycles. The van der Waals surface area contributed by atoms with E-state index in [1.165, 1.54) is 20.5 Å². The minimum atomic E-state index is 0.516. The van der Waals surface area contributed by atoms with Gasteiger partial charge in [0, 0.05) is 9.35 Å². The number of hydrogen-bond donors (Lipinski definition) is 1. The Labute approximate surface area is 121 Å². The Balaban J connectivity index is 2.04. The van der Waals surface area contributed by atoms with Crippen LogP contribution in [-0.4, -0.2) is 6.54 Å². The fourth-order valence-electron chi connectivity index (χ4n) is 2.14. The highest BCUT2D eigenvalue weighted by Gasteiger charge is 2.12. The summed E-state index contributed by atoms with van der Waals surface area (Å²) in [6, 6.07) is 10.8. The Kier molecular flexibility index (Phi) is 4.98. The molecule has 3 heteroatoms. The molecule has 0 spiro atoms. The number of hydrogen-bond acceptors (Lipinski definition) is 2. The van der Waals surface area contributed by atoms with Crippen LogP contribution in [-0.2, 0) is 12.8 Å². The zero-order valence-corrected chi connectivity index (χ0v) is 12.9. The van der Waals surface area contributed by atoms with Gasteiger partial charge in [-0.15, -0.1) is 11.3 Å². The summed E-state index contributed by atoms with van der Waals surface area (Å²) in [5, 5.41) is 2.12. The van der Waals surface area contributed by atoms with Gasteiger partial charge in [-0.1, -0.05) is 29.8 Å². The van der Waals surface area contributed by atoms with Crippen LogP contribution in [0, 0.1) is 12.8 Å². The van der Waals surface area contributed by atoms with Gasteiger partial charge in [0.15, 0.2) is 0 Å². The first-order valence-electron chi connectivity index (χ1n) is 6.16. The van der Waals surface area contributed by atoms with Gasteiger partial charge in [-0.05, 0) is 65.2 Å². The van der Waals surface area contributed by atoms with E-state index in [1.807, 2.05) is 0 Å². The molecule has 1 aromatic carbocycles. The SMILES string of the molecule is Cc1cccc(CC(CN)Cc2sccc2Br)c1. The maximum absolute atomic E-state index is 5.91. The molecule has 0 amide bonds. The molecule has 1 nitrogen and oxygen atoms in total. The zero-order valence-electron chi connectivity index (χ0n) is 10.5. The van der Waals surface area contributed by atoms with Crippen LogP contribution in [0.5, 0.6) is 0 Å². The van der Waals surface area contributed by atoms with Crippen molar-refractivity contribution in [2.24, 2.45) is 11.7 Å². The predicted octanol–water partition coefficient (Wildman–Crippen LogP) is 4.18. The molecule has 0 fully saturated rings. The summed E-state index contributed by atoms with van der Waals surface area (Å²) in [7, 11) is 0. The van der Waals surface area contributed by atoms with Crippen molar-refractivity contribution in [3.63, 3.8) is 0 Å².